The first-order chi connectivity index (χ1) is 15.2. The molecule has 0 bridgehead atoms. The summed E-state index contributed by atoms with van der Waals surface area (Å²) in [4.78, 5) is 15.6. The van der Waals surface area contributed by atoms with Gasteiger partial charge in [0.25, 0.3) is 0 Å². The molecule has 1 aliphatic rings. The fourth-order valence-corrected chi connectivity index (χ4v) is 4.36. The summed E-state index contributed by atoms with van der Waals surface area (Å²) in [5.41, 5.74) is 3.07. The number of halogens is 1. The smallest absolute Gasteiger partial charge is 0.170 e. The molecule has 31 heavy (non-hydrogen) atoms. The first-order valence-electron chi connectivity index (χ1n) is 9.87. The SMILES string of the molecule is S=C1N[C@H](c2ccccn2)[C@H](c2cccn2-c2ccc(Cl)cn2)N1Cc1cccnc1. The van der Waals surface area contributed by atoms with Crippen LogP contribution in [0, 0.1) is 0 Å². The van der Waals surface area contributed by atoms with E-state index in [-0.39, 0.29) is 12.1 Å². The molecule has 5 heterocycles. The summed E-state index contributed by atoms with van der Waals surface area (Å²) in [6.45, 7) is 0.632. The summed E-state index contributed by atoms with van der Waals surface area (Å²) in [6.07, 6.45) is 9.11. The van der Waals surface area contributed by atoms with Gasteiger partial charge in [0.15, 0.2) is 5.11 Å². The van der Waals surface area contributed by atoms with Crippen LogP contribution in [0.2, 0.25) is 5.02 Å². The zero-order valence-electron chi connectivity index (χ0n) is 16.5. The maximum Gasteiger partial charge on any atom is 0.170 e. The van der Waals surface area contributed by atoms with E-state index in [1.54, 1.807) is 18.6 Å². The Morgan fingerprint density at radius 3 is 2.65 bits per heavy atom. The molecule has 1 fully saturated rings. The quantitative estimate of drug-likeness (QED) is 0.456. The van der Waals surface area contributed by atoms with E-state index in [4.69, 9.17) is 23.8 Å². The third kappa shape index (κ3) is 3.89. The van der Waals surface area contributed by atoms with Crippen molar-refractivity contribution in [3.8, 4) is 5.82 Å². The van der Waals surface area contributed by atoms with Gasteiger partial charge in [0.1, 0.15) is 5.82 Å². The van der Waals surface area contributed by atoms with Gasteiger partial charge in [0, 0.05) is 43.2 Å². The molecule has 8 heteroatoms. The number of nitrogens with one attached hydrogen (secondary N) is 1. The average molecular weight is 447 g/mol. The Labute approximate surface area is 190 Å². The van der Waals surface area contributed by atoms with E-state index in [9.17, 15) is 0 Å². The zero-order chi connectivity index (χ0) is 21.2. The van der Waals surface area contributed by atoms with Gasteiger partial charge < -0.3 is 14.8 Å². The molecule has 4 aromatic rings. The lowest BCUT2D eigenvalue weighted by Gasteiger charge is -2.28. The second-order valence-electron chi connectivity index (χ2n) is 7.25. The number of pyridine rings is 3. The molecule has 0 aliphatic carbocycles. The molecule has 154 valence electrons. The van der Waals surface area contributed by atoms with Crippen LogP contribution in [0.25, 0.3) is 5.82 Å². The van der Waals surface area contributed by atoms with Crippen LogP contribution < -0.4 is 5.32 Å². The Hall–Kier alpha value is -3.29. The van der Waals surface area contributed by atoms with Gasteiger partial charge in [0.05, 0.1) is 22.8 Å². The molecule has 0 radical (unpaired) electrons. The van der Waals surface area contributed by atoms with E-state index >= 15 is 0 Å². The summed E-state index contributed by atoms with van der Waals surface area (Å²) < 4.78 is 2.07. The van der Waals surface area contributed by atoms with Crippen LogP contribution in [0.5, 0.6) is 0 Å². The lowest BCUT2D eigenvalue weighted by atomic mass is 10.0. The fraction of sp³-hybridized carbons (Fsp3) is 0.130. The number of nitrogens with zero attached hydrogens (tertiary/aromatic N) is 5. The Bertz CT molecular complexity index is 1180. The van der Waals surface area contributed by atoms with Crippen LogP contribution in [0.1, 0.15) is 29.0 Å². The summed E-state index contributed by atoms with van der Waals surface area (Å²) in [5, 5.41) is 4.77. The van der Waals surface area contributed by atoms with Crippen LogP contribution in [-0.4, -0.2) is 29.5 Å². The average Bonchev–Trinajstić information content (AvgIpc) is 3.40. The lowest BCUT2D eigenvalue weighted by Crippen LogP contribution is -2.30. The highest BCUT2D eigenvalue weighted by Crippen LogP contribution is 2.40. The maximum absolute atomic E-state index is 6.05. The maximum atomic E-state index is 6.05. The monoisotopic (exact) mass is 446 g/mol. The van der Waals surface area contributed by atoms with E-state index in [2.05, 4.69) is 41.9 Å². The fourth-order valence-electron chi connectivity index (χ4n) is 3.94. The van der Waals surface area contributed by atoms with Gasteiger partial charge in [-0.15, -0.1) is 0 Å². The molecule has 0 amide bonds. The molecule has 2 atom stereocenters. The number of rotatable bonds is 5. The Morgan fingerprint density at radius 1 is 0.968 bits per heavy atom. The van der Waals surface area contributed by atoms with Crippen molar-refractivity contribution in [2.45, 2.75) is 18.6 Å². The molecule has 0 unspecified atom stereocenters. The molecule has 0 aromatic carbocycles. The second-order valence-corrected chi connectivity index (χ2v) is 8.08. The molecule has 4 aromatic heterocycles. The third-order valence-electron chi connectivity index (χ3n) is 5.32. The molecular formula is C23H19ClN6S. The number of hydrogen-bond donors (Lipinski definition) is 1. The van der Waals surface area contributed by atoms with Crippen molar-refractivity contribution in [3.63, 3.8) is 0 Å². The zero-order valence-corrected chi connectivity index (χ0v) is 18.0. The van der Waals surface area contributed by atoms with Crippen molar-refractivity contribution < 1.29 is 0 Å². The van der Waals surface area contributed by atoms with Gasteiger partial charge in [-0.2, -0.15) is 0 Å². The third-order valence-corrected chi connectivity index (χ3v) is 5.89. The van der Waals surface area contributed by atoms with Gasteiger partial charge in [-0.1, -0.05) is 23.7 Å². The molecule has 1 aliphatic heterocycles. The minimum absolute atomic E-state index is 0.0879. The van der Waals surface area contributed by atoms with Crippen LogP contribution in [-0.2, 0) is 6.54 Å². The normalized spacial score (nSPS) is 18.2. The summed E-state index contributed by atoms with van der Waals surface area (Å²) in [6, 6.07) is 17.6. The first kappa shape index (κ1) is 19.7. The highest BCUT2D eigenvalue weighted by molar-refractivity contribution is 7.80. The van der Waals surface area contributed by atoms with Crippen molar-refractivity contribution in [3.05, 3.63) is 108 Å². The topological polar surface area (TPSA) is 58.9 Å². The molecule has 1 saturated heterocycles. The van der Waals surface area contributed by atoms with Gasteiger partial charge >= 0.3 is 0 Å². The highest BCUT2D eigenvalue weighted by Gasteiger charge is 2.41. The predicted octanol–water partition coefficient (Wildman–Crippen LogP) is 4.49. The Balaban J connectivity index is 1.60. The van der Waals surface area contributed by atoms with Crippen molar-refractivity contribution in [2.75, 3.05) is 0 Å². The van der Waals surface area contributed by atoms with Gasteiger partial charge in [-0.05, 0) is 60.2 Å². The van der Waals surface area contributed by atoms with E-state index in [0.717, 1.165) is 22.8 Å². The van der Waals surface area contributed by atoms with Gasteiger partial charge in [-0.3, -0.25) is 9.97 Å². The molecular weight excluding hydrogens is 428 g/mol. The molecule has 1 N–H and O–H groups in total. The van der Waals surface area contributed by atoms with Crippen LogP contribution in [0.4, 0.5) is 0 Å². The molecule has 5 rings (SSSR count). The highest BCUT2D eigenvalue weighted by atomic mass is 35.5. The van der Waals surface area contributed by atoms with E-state index in [0.29, 0.717) is 16.7 Å². The number of aromatic nitrogens is 4. The Kier molecular flexibility index (Phi) is 5.36. The van der Waals surface area contributed by atoms with E-state index in [1.165, 1.54) is 0 Å². The van der Waals surface area contributed by atoms with Gasteiger partial charge in [0.2, 0.25) is 0 Å². The standard InChI is InChI=1S/C23H19ClN6S/c24-17-8-9-20(27-14-17)29-12-4-7-19(29)22-21(18-6-1-2-11-26-18)28-23(31)30(22)15-16-5-3-10-25-13-16/h1-14,21-22H,15H2,(H,28,31)/t21-,22+/m1/s1. The minimum Gasteiger partial charge on any atom is -0.352 e. The summed E-state index contributed by atoms with van der Waals surface area (Å²) >= 11 is 11.8. The number of thiocarbonyl (C=S) groups is 1. The Morgan fingerprint density at radius 2 is 1.90 bits per heavy atom. The molecule has 6 nitrogen and oxygen atoms in total. The second kappa shape index (κ2) is 8.45. The first-order valence-corrected chi connectivity index (χ1v) is 10.7. The lowest BCUT2D eigenvalue weighted by molar-refractivity contribution is 0.302. The summed E-state index contributed by atoms with van der Waals surface area (Å²) in [7, 11) is 0. The van der Waals surface area contributed by atoms with Crippen molar-refractivity contribution in [1.82, 2.24) is 29.7 Å². The van der Waals surface area contributed by atoms with E-state index < -0.39 is 0 Å². The largest absolute Gasteiger partial charge is 0.352 e. The van der Waals surface area contributed by atoms with Crippen LogP contribution >= 0.6 is 23.8 Å². The van der Waals surface area contributed by atoms with Crippen molar-refractivity contribution in [1.29, 1.82) is 0 Å². The molecule has 0 saturated carbocycles. The summed E-state index contributed by atoms with van der Waals surface area (Å²) in [5.74, 6) is 0.795. The molecule has 0 spiro atoms. The predicted molar refractivity (Wildman–Crippen MR) is 124 cm³/mol. The van der Waals surface area contributed by atoms with Crippen molar-refractivity contribution in [2.24, 2.45) is 0 Å². The number of hydrogen-bond acceptors (Lipinski definition) is 4. The van der Waals surface area contributed by atoms with Crippen molar-refractivity contribution >= 4 is 28.9 Å². The van der Waals surface area contributed by atoms with Gasteiger partial charge in [-0.25, -0.2) is 4.98 Å². The van der Waals surface area contributed by atoms with Crippen LogP contribution in [0.3, 0.4) is 0 Å². The van der Waals surface area contributed by atoms with E-state index in [1.807, 2.05) is 54.9 Å². The minimum atomic E-state index is -0.105. The van der Waals surface area contributed by atoms with Crippen LogP contribution in [0.15, 0.2) is 85.6 Å².